The lowest BCUT2D eigenvalue weighted by Gasteiger charge is -2.35. The zero-order chi connectivity index (χ0) is 19.3. The maximum atomic E-state index is 12.6. The molecule has 28 heavy (non-hydrogen) atoms. The van der Waals surface area contributed by atoms with Crippen molar-refractivity contribution in [1.29, 1.82) is 0 Å². The Balaban J connectivity index is 1.39. The molecule has 0 saturated carbocycles. The number of benzene rings is 3. The minimum atomic E-state index is 0.0275. The first-order chi connectivity index (χ1) is 13.7. The summed E-state index contributed by atoms with van der Waals surface area (Å²) in [4.78, 5) is 18.4. The van der Waals surface area contributed by atoms with E-state index >= 15 is 0 Å². The van der Waals surface area contributed by atoms with Crippen molar-refractivity contribution in [3.63, 3.8) is 0 Å². The van der Waals surface area contributed by atoms with Crippen LogP contribution in [0.1, 0.15) is 0 Å². The monoisotopic (exact) mass is 391 g/mol. The van der Waals surface area contributed by atoms with Crippen molar-refractivity contribution in [3.8, 4) is 0 Å². The van der Waals surface area contributed by atoms with Gasteiger partial charge in [0.1, 0.15) is 0 Å². The molecule has 1 amide bonds. The molecular weight excluding hydrogens is 366 g/mol. The minimum Gasteiger partial charge on any atom is -0.367 e. The standard InChI is InChI=1S/C23H25N3OS/c1-25-12-14-26(15-13-25)22-9-5-4-8-21(22)24-23(27)17-28-20-11-10-18-6-2-3-7-19(18)16-20/h2-11,16H,12-15,17H2,1H3,(H,24,27). The van der Waals surface area contributed by atoms with Crippen LogP contribution in [0.2, 0.25) is 0 Å². The van der Waals surface area contributed by atoms with Gasteiger partial charge in [0.2, 0.25) is 5.91 Å². The van der Waals surface area contributed by atoms with Crippen LogP contribution in [0.5, 0.6) is 0 Å². The summed E-state index contributed by atoms with van der Waals surface area (Å²) in [7, 11) is 2.15. The van der Waals surface area contributed by atoms with Gasteiger partial charge in [0.15, 0.2) is 0 Å². The number of hydrogen-bond acceptors (Lipinski definition) is 4. The number of amides is 1. The number of thioether (sulfide) groups is 1. The molecule has 0 bridgehead atoms. The number of anilines is 2. The molecule has 0 aliphatic carbocycles. The Morgan fingerprint density at radius 1 is 0.929 bits per heavy atom. The molecule has 0 radical (unpaired) electrons. The van der Waals surface area contributed by atoms with E-state index in [9.17, 15) is 4.79 Å². The lowest BCUT2D eigenvalue weighted by molar-refractivity contribution is -0.113. The van der Waals surface area contributed by atoms with Crippen LogP contribution in [0, 0.1) is 0 Å². The number of nitrogens with zero attached hydrogens (tertiary/aromatic N) is 2. The molecule has 5 heteroatoms. The van der Waals surface area contributed by atoms with Gasteiger partial charge < -0.3 is 15.1 Å². The summed E-state index contributed by atoms with van der Waals surface area (Å²) in [6.07, 6.45) is 0. The average Bonchev–Trinajstić information content (AvgIpc) is 2.73. The Hall–Kier alpha value is -2.50. The van der Waals surface area contributed by atoms with Crippen LogP contribution in [-0.2, 0) is 4.79 Å². The zero-order valence-electron chi connectivity index (χ0n) is 16.1. The van der Waals surface area contributed by atoms with Gasteiger partial charge in [0.05, 0.1) is 17.1 Å². The molecule has 1 N–H and O–H groups in total. The summed E-state index contributed by atoms with van der Waals surface area (Å²) in [5.41, 5.74) is 2.01. The molecule has 3 aromatic carbocycles. The topological polar surface area (TPSA) is 35.6 Å². The molecule has 4 rings (SSSR count). The maximum Gasteiger partial charge on any atom is 0.234 e. The van der Waals surface area contributed by atoms with Crippen molar-refractivity contribution in [1.82, 2.24) is 4.90 Å². The second kappa shape index (κ2) is 8.67. The van der Waals surface area contributed by atoms with E-state index in [1.54, 1.807) is 11.8 Å². The molecule has 1 fully saturated rings. The molecule has 4 nitrogen and oxygen atoms in total. The average molecular weight is 392 g/mol. The van der Waals surface area contributed by atoms with Gasteiger partial charge in [-0.25, -0.2) is 0 Å². The number of hydrogen-bond donors (Lipinski definition) is 1. The van der Waals surface area contributed by atoms with Crippen LogP contribution >= 0.6 is 11.8 Å². The molecular formula is C23H25N3OS. The van der Waals surface area contributed by atoms with Crippen LogP contribution < -0.4 is 10.2 Å². The minimum absolute atomic E-state index is 0.0275. The van der Waals surface area contributed by atoms with E-state index in [4.69, 9.17) is 0 Å². The number of nitrogens with one attached hydrogen (secondary N) is 1. The molecule has 0 unspecified atom stereocenters. The van der Waals surface area contributed by atoms with E-state index in [2.05, 4.69) is 58.6 Å². The summed E-state index contributed by atoms with van der Waals surface area (Å²) < 4.78 is 0. The smallest absolute Gasteiger partial charge is 0.234 e. The highest BCUT2D eigenvalue weighted by Gasteiger charge is 2.17. The van der Waals surface area contributed by atoms with Crippen LogP contribution in [-0.4, -0.2) is 49.8 Å². The lowest BCUT2D eigenvalue weighted by Crippen LogP contribution is -2.44. The van der Waals surface area contributed by atoms with Gasteiger partial charge >= 0.3 is 0 Å². The van der Waals surface area contributed by atoms with Gasteiger partial charge in [-0.1, -0.05) is 42.5 Å². The Kier molecular flexibility index (Phi) is 5.84. The van der Waals surface area contributed by atoms with Crippen molar-refractivity contribution < 1.29 is 4.79 Å². The van der Waals surface area contributed by atoms with Gasteiger partial charge in [-0.15, -0.1) is 11.8 Å². The Morgan fingerprint density at radius 3 is 2.46 bits per heavy atom. The normalized spacial score (nSPS) is 15.0. The van der Waals surface area contributed by atoms with Gasteiger partial charge in [-0.2, -0.15) is 0 Å². The highest BCUT2D eigenvalue weighted by molar-refractivity contribution is 8.00. The van der Waals surface area contributed by atoms with Crippen molar-refractivity contribution in [2.75, 3.05) is 49.2 Å². The fourth-order valence-corrected chi connectivity index (χ4v) is 4.24. The third-order valence-corrected chi connectivity index (χ3v) is 6.11. The fraction of sp³-hybridized carbons (Fsp3) is 0.261. The number of piperazine rings is 1. The summed E-state index contributed by atoms with van der Waals surface area (Å²) >= 11 is 1.57. The Labute approximate surface area is 170 Å². The summed E-state index contributed by atoms with van der Waals surface area (Å²) in [5.74, 6) is 0.426. The van der Waals surface area contributed by atoms with E-state index in [1.807, 2.05) is 30.3 Å². The van der Waals surface area contributed by atoms with Crippen LogP contribution in [0.4, 0.5) is 11.4 Å². The Morgan fingerprint density at radius 2 is 1.64 bits per heavy atom. The molecule has 1 saturated heterocycles. The van der Waals surface area contributed by atoms with Gasteiger partial charge in [0, 0.05) is 31.1 Å². The number of carbonyl (C=O) groups excluding carboxylic acids is 1. The fourth-order valence-electron chi connectivity index (χ4n) is 3.49. The SMILES string of the molecule is CN1CCN(c2ccccc2NC(=O)CSc2ccc3ccccc3c2)CC1. The molecule has 0 atom stereocenters. The van der Waals surface area contributed by atoms with Crippen molar-refractivity contribution in [3.05, 3.63) is 66.7 Å². The van der Waals surface area contributed by atoms with E-state index in [1.165, 1.54) is 10.8 Å². The molecule has 1 aliphatic heterocycles. The molecule has 0 aromatic heterocycles. The summed E-state index contributed by atoms with van der Waals surface area (Å²) in [6, 6.07) is 22.7. The zero-order valence-corrected chi connectivity index (χ0v) is 16.9. The van der Waals surface area contributed by atoms with E-state index in [0.717, 1.165) is 42.4 Å². The van der Waals surface area contributed by atoms with Gasteiger partial charge in [0.25, 0.3) is 0 Å². The second-order valence-corrected chi connectivity index (χ2v) is 8.20. The first-order valence-corrected chi connectivity index (χ1v) is 10.6. The molecule has 3 aromatic rings. The highest BCUT2D eigenvalue weighted by atomic mass is 32.2. The molecule has 144 valence electrons. The van der Waals surface area contributed by atoms with E-state index in [0.29, 0.717) is 5.75 Å². The number of para-hydroxylation sites is 2. The largest absolute Gasteiger partial charge is 0.367 e. The summed E-state index contributed by atoms with van der Waals surface area (Å²) in [6.45, 7) is 4.05. The van der Waals surface area contributed by atoms with Crippen molar-refractivity contribution in [2.45, 2.75) is 4.90 Å². The van der Waals surface area contributed by atoms with Gasteiger partial charge in [-0.3, -0.25) is 4.79 Å². The van der Waals surface area contributed by atoms with Crippen molar-refractivity contribution in [2.24, 2.45) is 0 Å². The lowest BCUT2D eigenvalue weighted by atomic mass is 10.1. The van der Waals surface area contributed by atoms with E-state index < -0.39 is 0 Å². The highest BCUT2D eigenvalue weighted by Crippen LogP contribution is 2.28. The third-order valence-electron chi connectivity index (χ3n) is 5.11. The first-order valence-electron chi connectivity index (χ1n) is 9.63. The van der Waals surface area contributed by atoms with Crippen LogP contribution in [0.3, 0.4) is 0 Å². The predicted octanol–water partition coefficient (Wildman–Crippen LogP) is 4.32. The molecule has 1 aliphatic rings. The second-order valence-electron chi connectivity index (χ2n) is 7.15. The van der Waals surface area contributed by atoms with Gasteiger partial charge in [-0.05, 0) is 42.1 Å². The Bertz CT molecular complexity index is 967. The number of rotatable bonds is 5. The number of likely N-dealkylation sites (N-methyl/N-ethyl adjacent to an activating group) is 1. The first kappa shape index (κ1) is 18.8. The van der Waals surface area contributed by atoms with Crippen molar-refractivity contribution >= 4 is 39.8 Å². The molecule has 0 spiro atoms. The third kappa shape index (κ3) is 4.49. The molecule has 1 heterocycles. The van der Waals surface area contributed by atoms with E-state index in [-0.39, 0.29) is 5.91 Å². The van der Waals surface area contributed by atoms with Crippen LogP contribution in [0.15, 0.2) is 71.6 Å². The quantitative estimate of drug-likeness (QED) is 0.657. The predicted molar refractivity (Wildman–Crippen MR) is 119 cm³/mol. The summed E-state index contributed by atoms with van der Waals surface area (Å²) in [5, 5.41) is 5.53. The number of carbonyl (C=O) groups is 1. The van der Waals surface area contributed by atoms with Crippen LogP contribution in [0.25, 0.3) is 10.8 Å². The maximum absolute atomic E-state index is 12.6. The number of fused-ring (bicyclic) bond motifs is 1.